The van der Waals surface area contributed by atoms with Crippen molar-refractivity contribution in [3.05, 3.63) is 27.7 Å². The summed E-state index contributed by atoms with van der Waals surface area (Å²) in [7, 11) is 0. The van der Waals surface area contributed by atoms with Gasteiger partial charge in [-0.05, 0) is 52.9 Å². The van der Waals surface area contributed by atoms with Gasteiger partial charge in [0.2, 0.25) is 0 Å². The molecule has 0 heterocycles. The van der Waals surface area contributed by atoms with Crippen molar-refractivity contribution in [2.45, 2.75) is 32.8 Å². The molecule has 0 radical (unpaired) electrons. The van der Waals surface area contributed by atoms with Gasteiger partial charge in [0.1, 0.15) is 0 Å². The summed E-state index contributed by atoms with van der Waals surface area (Å²) in [4.78, 5) is 0. The number of nitrogens with one attached hydrogen (secondary N) is 1. The minimum absolute atomic E-state index is 0.357. The second kappa shape index (κ2) is 9.61. The molecule has 0 fully saturated rings. The predicted octanol–water partition coefficient (Wildman–Crippen LogP) is 4.33. The molecule has 0 aliphatic rings. The lowest BCUT2D eigenvalue weighted by atomic mass is 10.1. The highest BCUT2D eigenvalue weighted by molar-refractivity contribution is 9.10. The third kappa shape index (κ3) is 7.48. The smallest absolute Gasteiger partial charge is 0.0945 e. The van der Waals surface area contributed by atoms with Gasteiger partial charge in [-0.2, -0.15) is 0 Å². The Balaban J connectivity index is 2.16. The average Bonchev–Trinajstić information content (AvgIpc) is 2.39. The third-order valence-electron chi connectivity index (χ3n) is 2.84. The maximum absolute atomic E-state index is 9.81. The molecule has 1 aromatic rings. The number of halogens is 2. The van der Waals surface area contributed by atoms with Crippen molar-refractivity contribution in [1.82, 2.24) is 0 Å². The van der Waals surface area contributed by atoms with Crippen LogP contribution in [-0.2, 0) is 4.74 Å². The SMILES string of the molecule is CC(C)CCCOCC(O)CNc1ccc(Br)c(Cl)c1. The molecule has 0 aliphatic heterocycles. The lowest BCUT2D eigenvalue weighted by Crippen LogP contribution is -2.25. The zero-order valence-electron chi connectivity index (χ0n) is 12.0. The Kier molecular flexibility index (Phi) is 8.53. The highest BCUT2D eigenvalue weighted by Crippen LogP contribution is 2.25. The summed E-state index contributed by atoms with van der Waals surface area (Å²) in [6, 6.07) is 5.60. The van der Waals surface area contributed by atoms with E-state index in [1.807, 2.05) is 18.2 Å². The Morgan fingerprint density at radius 1 is 1.40 bits per heavy atom. The molecule has 0 aromatic heterocycles. The van der Waals surface area contributed by atoms with Crippen molar-refractivity contribution in [2.24, 2.45) is 5.92 Å². The second-order valence-electron chi connectivity index (χ2n) is 5.27. The molecule has 0 bridgehead atoms. The van der Waals surface area contributed by atoms with E-state index in [1.54, 1.807) is 0 Å². The first-order chi connectivity index (χ1) is 9.49. The predicted molar refractivity (Wildman–Crippen MR) is 88.5 cm³/mol. The van der Waals surface area contributed by atoms with Gasteiger partial charge in [-0.1, -0.05) is 25.4 Å². The summed E-state index contributed by atoms with van der Waals surface area (Å²) in [6.45, 7) is 5.90. The Bertz CT molecular complexity index is 401. The van der Waals surface area contributed by atoms with Crippen molar-refractivity contribution in [2.75, 3.05) is 25.1 Å². The minimum Gasteiger partial charge on any atom is -0.389 e. The number of benzene rings is 1. The van der Waals surface area contributed by atoms with Crippen LogP contribution < -0.4 is 5.32 Å². The van der Waals surface area contributed by atoms with Crippen LogP contribution in [0, 0.1) is 5.92 Å². The van der Waals surface area contributed by atoms with Crippen molar-refractivity contribution in [1.29, 1.82) is 0 Å². The lowest BCUT2D eigenvalue weighted by molar-refractivity contribution is 0.0409. The maximum Gasteiger partial charge on any atom is 0.0945 e. The standard InChI is InChI=1S/C15H23BrClNO2/c1-11(2)4-3-7-20-10-13(19)9-18-12-5-6-14(16)15(17)8-12/h5-6,8,11,13,18-19H,3-4,7,9-10H2,1-2H3. The first kappa shape index (κ1) is 17.8. The van der Waals surface area contributed by atoms with Crippen LogP contribution >= 0.6 is 27.5 Å². The zero-order chi connectivity index (χ0) is 15.0. The van der Waals surface area contributed by atoms with E-state index in [0.29, 0.717) is 30.7 Å². The van der Waals surface area contributed by atoms with E-state index in [1.165, 1.54) is 0 Å². The molecule has 2 N–H and O–H groups in total. The first-order valence-corrected chi connectivity index (χ1v) is 8.11. The van der Waals surface area contributed by atoms with Gasteiger partial charge < -0.3 is 15.2 Å². The summed E-state index contributed by atoms with van der Waals surface area (Å²) in [5, 5.41) is 13.6. The number of hydrogen-bond donors (Lipinski definition) is 2. The molecule has 0 amide bonds. The topological polar surface area (TPSA) is 41.5 Å². The molecule has 1 rings (SSSR count). The van der Waals surface area contributed by atoms with E-state index >= 15 is 0 Å². The van der Waals surface area contributed by atoms with Crippen LogP contribution in [0.2, 0.25) is 5.02 Å². The van der Waals surface area contributed by atoms with E-state index in [-0.39, 0.29) is 0 Å². The van der Waals surface area contributed by atoms with E-state index in [4.69, 9.17) is 16.3 Å². The Hall–Kier alpha value is -0.290. The number of rotatable bonds is 9. The fourth-order valence-electron chi connectivity index (χ4n) is 1.71. The van der Waals surface area contributed by atoms with E-state index in [2.05, 4.69) is 35.1 Å². The maximum atomic E-state index is 9.81. The van der Waals surface area contributed by atoms with Gasteiger partial charge >= 0.3 is 0 Å². The van der Waals surface area contributed by atoms with Crippen molar-refractivity contribution in [3.63, 3.8) is 0 Å². The van der Waals surface area contributed by atoms with Crippen LogP contribution in [0.3, 0.4) is 0 Å². The molecule has 3 nitrogen and oxygen atoms in total. The third-order valence-corrected chi connectivity index (χ3v) is 4.07. The van der Waals surface area contributed by atoms with Gasteiger partial charge in [-0.15, -0.1) is 0 Å². The largest absolute Gasteiger partial charge is 0.389 e. The van der Waals surface area contributed by atoms with Crippen molar-refractivity contribution < 1.29 is 9.84 Å². The molecule has 114 valence electrons. The van der Waals surface area contributed by atoms with Crippen LogP contribution in [0.25, 0.3) is 0 Å². The van der Waals surface area contributed by atoms with Gasteiger partial charge in [0.05, 0.1) is 17.7 Å². The zero-order valence-corrected chi connectivity index (χ0v) is 14.4. The Labute approximate surface area is 134 Å². The summed E-state index contributed by atoms with van der Waals surface area (Å²) in [6.07, 6.45) is 1.68. The van der Waals surface area contributed by atoms with Crippen molar-refractivity contribution in [3.8, 4) is 0 Å². The molecule has 5 heteroatoms. The Morgan fingerprint density at radius 3 is 2.80 bits per heavy atom. The summed E-state index contributed by atoms with van der Waals surface area (Å²) < 4.78 is 6.31. The number of ether oxygens (including phenoxy) is 1. The highest BCUT2D eigenvalue weighted by atomic mass is 79.9. The molecule has 0 spiro atoms. The highest BCUT2D eigenvalue weighted by Gasteiger charge is 2.05. The van der Waals surface area contributed by atoms with Crippen LogP contribution in [0.4, 0.5) is 5.69 Å². The molecular weight excluding hydrogens is 342 g/mol. The molecule has 0 saturated heterocycles. The molecule has 1 atom stereocenters. The lowest BCUT2D eigenvalue weighted by Gasteiger charge is -2.14. The van der Waals surface area contributed by atoms with Crippen LogP contribution in [-0.4, -0.2) is 31.0 Å². The number of anilines is 1. The molecule has 20 heavy (non-hydrogen) atoms. The molecule has 1 aromatic carbocycles. The van der Waals surface area contributed by atoms with Gasteiger partial charge in [0.15, 0.2) is 0 Å². The van der Waals surface area contributed by atoms with Crippen molar-refractivity contribution >= 4 is 33.2 Å². The van der Waals surface area contributed by atoms with E-state index in [0.717, 1.165) is 23.0 Å². The molecule has 1 unspecified atom stereocenters. The normalized spacial score (nSPS) is 12.7. The number of aliphatic hydroxyl groups excluding tert-OH is 1. The van der Waals surface area contributed by atoms with E-state index < -0.39 is 6.10 Å². The molecule has 0 saturated carbocycles. The monoisotopic (exact) mass is 363 g/mol. The summed E-state index contributed by atoms with van der Waals surface area (Å²) in [5.74, 6) is 0.701. The van der Waals surface area contributed by atoms with Gasteiger partial charge in [-0.25, -0.2) is 0 Å². The van der Waals surface area contributed by atoms with Crippen LogP contribution in [0.5, 0.6) is 0 Å². The quantitative estimate of drug-likeness (QED) is 0.641. The number of hydrogen-bond acceptors (Lipinski definition) is 3. The van der Waals surface area contributed by atoms with Gasteiger partial charge in [0.25, 0.3) is 0 Å². The summed E-state index contributed by atoms with van der Waals surface area (Å²) in [5.41, 5.74) is 0.886. The minimum atomic E-state index is -0.517. The average molecular weight is 365 g/mol. The number of aliphatic hydroxyl groups is 1. The fraction of sp³-hybridized carbons (Fsp3) is 0.600. The Morgan fingerprint density at radius 2 is 2.15 bits per heavy atom. The second-order valence-corrected chi connectivity index (χ2v) is 6.54. The van der Waals surface area contributed by atoms with Gasteiger partial charge in [-0.3, -0.25) is 0 Å². The fourth-order valence-corrected chi connectivity index (χ4v) is 2.14. The van der Waals surface area contributed by atoms with Gasteiger partial charge in [0, 0.05) is 23.3 Å². The summed E-state index contributed by atoms with van der Waals surface area (Å²) >= 11 is 9.34. The van der Waals surface area contributed by atoms with Crippen LogP contribution in [0.1, 0.15) is 26.7 Å². The molecule has 0 aliphatic carbocycles. The first-order valence-electron chi connectivity index (χ1n) is 6.93. The van der Waals surface area contributed by atoms with Crippen LogP contribution in [0.15, 0.2) is 22.7 Å². The molecular formula is C15H23BrClNO2. The van der Waals surface area contributed by atoms with E-state index in [9.17, 15) is 5.11 Å².